The van der Waals surface area contributed by atoms with Crippen LogP contribution in [0.4, 0.5) is 15.8 Å². The van der Waals surface area contributed by atoms with E-state index < -0.39 is 0 Å². The van der Waals surface area contributed by atoms with Crippen LogP contribution in [-0.4, -0.2) is 6.04 Å². The Labute approximate surface area is 103 Å². The van der Waals surface area contributed by atoms with Crippen molar-refractivity contribution in [3.8, 4) is 0 Å². The van der Waals surface area contributed by atoms with Crippen molar-refractivity contribution < 1.29 is 4.39 Å². The Balaban J connectivity index is 2.39. The highest BCUT2D eigenvalue weighted by molar-refractivity contribution is 5.66. The van der Waals surface area contributed by atoms with E-state index in [2.05, 4.69) is 19.2 Å². The minimum atomic E-state index is -0.250. The van der Waals surface area contributed by atoms with Gasteiger partial charge in [0.25, 0.3) is 0 Å². The molecule has 3 heteroatoms. The third-order valence-electron chi connectivity index (χ3n) is 2.91. The SMILES string of the molecule is CCCCCCC(C)Nc1cc(F)ccc1N. The number of nitrogen functional groups attached to an aromatic ring is 1. The van der Waals surface area contributed by atoms with Crippen LogP contribution in [0.2, 0.25) is 0 Å². The monoisotopic (exact) mass is 238 g/mol. The molecule has 0 radical (unpaired) electrons. The van der Waals surface area contributed by atoms with Gasteiger partial charge < -0.3 is 11.1 Å². The quantitative estimate of drug-likeness (QED) is 0.552. The summed E-state index contributed by atoms with van der Waals surface area (Å²) >= 11 is 0. The summed E-state index contributed by atoms with van der Waals surface area (Å²) < 4.78 is 13.1. The molecule has 2 nitrogen and oxygen atoms in total. The van der Waals surface area contributed by atoms with E-state index in [1.807, 2.05) is 0 Å². The number of hydrogen-bond donors (Lipinski definition) is 2. The molecule has 0 bridgehead atoms. The summed E-state index contributed by atoms with van der Waals surface area (Å²) in [5, 5.41) is 3.26. The summed E-state index contributed by atoms with van der Waals surface area (Å²) in [6, 6.07) is 4.77. The van der Waals surface area contributed by atoms with Crippen molar-refractivity contribution in [3.63, 3.8) is 0 Å². The second kappa shape index (κ2) is 7.15. The zero-order chi connectivity index (χ0) is 12.7. The van der Waals surface area contributed by atoms with Gasteiger partial charge in [-0.2, -0.15) is 0 Å². The molecule has 17 heavy (non-hydrogen) atoms. The molecule has 0 saturated heterocycles. The third-order valence-corrected chi connectivity index (χ3v) is 2.91. The summed E-state index contributed by atoms with van der Waals surface area (Å²) in [6.07, 6.45) is 6.10. The molecule has 0 amide bonds. The van der Waals surface area contributed by atoms with Gasteiger partial charge in [-0.05, 0) is 31.5 Å². The van der Waals surface area contributed by atoms with Gasteiger partial charge in [0, 0.05) is 6.04 Å². The lowest BCUT2D eigenvalue weighted by molar-refractivity contribution is 0.593. The van der Waals surface area contributed by atoms with E-state index in [4.69, 9.17) is 5.73 Å². The molecule has 3 N–H and O–H groups in total. The van der Waals surface area contributed by atoms with Crippen molar-refractivity contribution in [1.29, 1.82) is 0 Å². The minimum Gasteiger partial charge on any atom is -0.397 e. The van der Waals surface area contributed by atoms with E-state index in [1.54, 1.807) is 6.07 Å². The first-order valence-electron chi connectivity index (χ1n) is 6.45. The lowest BCUT2D eigenvalue weighted by atomic mass is 10.1. The molecule has 1 unspecified atom stereocenters. The van der Waals surface area contributed by atoms with Crippen molar-refractivity contribution >= 4 is 11.4 Å². The number of unbranched alkanes of at least 4 members (excludes halogenated alkanes) is 3. The fourth-order valence-corrected chi connectivity index (χ4v) is 1.87. The maximum Gasteiger partial charge on any atom is 0.125 e. The Hall–Kier alpha value is -1.25. The fraction of sp³-hybridized carbons (Fsp3) is 0.571. The van der Waals surface area contributed by atoms with Crippen molar-refractivity contribution in [2.45, 2.75) is 52.0 Å². The van der Waals surface area contributed by atoms with E-state index in [-0.39, 0.29) is 5.82 Å². The molecule has 1 aromatic rings. The number of benzene rings is 1. The van der Waals surface area contributed by atoms with Gasteiger partial charge in [-0.3, -0.25) is 0 Å². The van der Waals surface area contributed by atoms with Gasteiger partial charge in [0.2, 0.25) is 0 Å². The molecule has 1 aromatic carbocycles. The highest BCUT2D eigenvalue weighted by Crippen LogP contribution is 2.21. The predicted molar refractivity (Wildman–Crippen MR) is 72.7 cm³/mol. The first-order chi connectivity index (χ1) is 8.13. The topological polar surface area (TPSA) is 38.0 Å². The van der Waals surface area contributed by atoms with Gasteiger partial charge in [0.15, 0.2) is 0 Å². The molecule has 96 valence electrons. The largest absolute Gasteiger partial charge is 0.397 e. The molecular weight excluding hydrogens is 215 g/mol. The first kappa shape index (κ1) is 13.8. The first-order valence-corrected chi connectivity index (χ1v) is 6.45. The van der Waals surface area contributed by atoms with E-state index in [1.165, 1.54) is 37.8 Å². The van der Waals surface area contributed by atoms with Crippen LogP contribution in [0.5, 0.6) is 0 Å². The summed E-state index contributed by atoms with van der Waals surface area (Å²) in [6.45, 7) is 4.31. The van der Waals surface area contributed by atoms with Gasteiger partial charge in [-0.15, -0.1) is 0 Å². The third kappa shape index (κ3) is 5.07. The second-order valence-corrected chi connectivity index (χ2v) is 4.63. The van der Waals surface area contributed by atoms with Gasteiger partial charge in [0.1, 0.15) is 5.82 Å². The van der Waals surface area contributed by atoms with E-state index in [0.29, 0.717) is 17.4 Å². The van der Waals surface area contributed by atoms with Gasteiger partial charge >= 0.3 is 0 Å². The zero-order valence-corrected chi connectivity index (χ0v) is 10.8. The molecular formula is C14H23FN2. The number of hydrogen-bond acceptors (Lipinski definition) is 2. The molecule has 0 aromatic heterocycles. The molecule has 0 aliphatic rings. The Morgan fingerprint density at radius 3 is 2.76 bits per heavy atom. The Morgan fingerprint density at radius 1 is 1.29 bits per heavy atom. The summed E-state index contributed by atoms with van der Waals surface area (Å²) in [4.78, 5) is 0. The van der Waals surface area contributed by atoms with Crippen LogP contribution in [0.1, 0.15) is 46.0 Å². The highest BCUT2D eigenvalue weighted by atomic mass is 19.1. The highest BCUT2D eigenvalue weighted by Gasteiger charge is 2.05. The number of nitrogens with one attached hydrogen (secondary N) is 1. The van der Waals surface area contributed by atoms with E-state index in [0.717, 1.165) is 6.42 Å². The summed E-state index contributed by atoms with van der Waals surface area (Å²) in [5.74, 6) is -0.250. The lowest BCUT2D eigenvalue weighted by Crippen LogP contribution is -2.16. The molecule has 1 rings (SSSR count). The smallest absolute Gasteiger partial charge is 0.125 e. The standard InChI is InChI=1S/C14H23FN2/c1-3-4-5-6-7-11(2)17-14-10-12(15)8-9-13(14)16/h8-11,17H,3-7,16H2,1-2H3. The molecule has 0 saturated carbocycles. The zero-order valence-electron chi connectivity index (χ0n) is 10.8. The molecule has 0 aliphatic heterocycles. The number of anilines is 2. The maximum atomic E-state index is 13.1. The fourth-order valence-electron chi connectivity index (χ4n) is 1.87. The van der Waals surface area contributed by atoms with Crippen LogP contribution >= 0.6 is 0 Å². The Kier molecular flexibility index (Phi) is 5.81. The van der Waals surface area contributed by atoms with Crippen LogP contribution < -0.4 is 11.1 Å². The van der Waals surface area contributed by atoms with Gasteiger partial charge in [-0.1, -0.05) is 32.6 Å². The summed E-state index contributed by atoms with van der Waals surface area (Å²) in [7, 11) is 0. The second-order valence-electron chi connectivity index (χ2n) is 4.63. The van der Waals surface area contributed by atoms with Crippen LogP contribution in [0, 0.1) is 5.82 Å². The average molecular weight is 238 g/mol. The van der Waals surface area contributed by atoms with Crippen LogP contribution in [0.3, 0.4) is 0 Å². The number of rotatable bonds is 7. The van der Waals surface area contributed by atoms with Crippen molar-refractivity contribution in [1.82, 2.24) is 0 Å². The Morgan fingerprint density at radius 2 is 2.06 bits per heavy atom. The van der Waals surface area contributed by atoms with Gasteiger partial charge in [-0.25, -0.2) is 4.39 Å². The van der Waals surface area contributed by atoms with Crippen molar-refractivity contribution in [3.05, 3.63) is 24.0 Å². The lowest BCUT2D eigenvalue weighted by Gasteiger charge is -2.16. The molecule has 0 aliphatic carbocycles. The molecule has 0 heterocycles. The van der Waals surface area contributed by atoms with Crippen LogP contribution in [0.15, 0.2) is 18.2 Å². The number of nitrogens with two attached hydrogens (primary N) is 1. The average Bonchev–Trinajstić information content (AvgIpc) is 2.29. The van der Waals surface area contributed by atoms with Crippen molar-refractivity contribution in [2.75, 3.05) is 11.1 Å². The van der Waals surface area contributed by atoms with Crippen LogP contribution in [0.25, 0.3) is 0 Å². The minimum absolute atomic E-state index is 0.250. The summed E-state index contributed by atoms with van der Waals surface area (Å²) in [5.41, 5.74) is 7.09. The molecule has 1 atom stereocenters. The maximum absolute atomic E-state index is 13.1. The normalized spacial score (nSPS) is 12.4. The molecule has 0 spiro atoms. The number of halogens is 1. The van der Waals surface area contributed by atoms with Crippen LogP contribution in [-0.2, 0) is 0 Å². The Bertz CT molecular complexity index is 339. The van der Waals surface area contributed by atoms with E-state index in [9.17, 15) is 4.39 Å². The van der Waals surface area contributed by atoms with Crippen molar-refractivity contribution in [2.24, 2.45) is 0 Å². The van der Waals surface area contributed by atoms with E-state index >= 15 is 0 Å². The van der Waals surface area contributed by atoms with Gasteiger partial charge in [0.05, 0.1) is 11.4 Å². The predicted octanol–water partition coefficient (Wildman–Crippen LogP) is 4.18. The molecule has 0 fully saturated rings.